The zero-order chi connectivity index (χ0) is 21.3. The van der Waals surface area contributed by atoms with Gasteiger partial charge in [0.25, 0.3) is 0 Å². The molecule has 4 aromatic rings. The molecule has 0 saturated heterocycles. The van der Waals surface area contributed by atoms with E-state index >= 15 is 0 Å². The number of fused-ring (bicyclic) bond motifs is 1. The van der Waals surface area contributed by atoms with Crippen molar-refractivity contribution in [1.82, 2.24) is 0 Å². The number of rotatable bonds is 4. The highest BCUT2D eigenvalue weighted by molar-refractivity contribution is 9.10. The Labute approximate surface area is 180 Å². The van der Waals surface area contributed by atoms with Gasteiger partial charge in [-0.1, -0.05) is 52.3 Å². The van der Waals surface area contributed by atoms with Gasteiger partial charge in [0.05, 0.1) is 18.4 Å². The number of aromatic carboxylic acids is 1. The lowest BCUT2D eigenvalue weighted by Gasteiger charge is -2.20. The topological polar surface area (TPSA) is 80.0 Å². The summed E-state index contributed by atoms with van der Waals surface area (Å²) < 4.78 is 11.4. The summed E-state index contributed by atoms with van der Waals surface area (Å²) in [6, 6.07) is 21.8. The van der Waals surface area contributed by atoms with Gasteiger partial charge in [-0.2, -0.15) is 0 Å². The number of carbonyl (C=O) groups excluding carboxylic acids is 1. The molecule has 1 aromatic heterocycles. The van der Waals surface area contributed by atoms with Gasteiger partial charge in [-0.15, -0.1) is 0 Å². The van der Waals surface area contributed by atoms with Crippen molar-refractivity contribution in [2.75, 3.05) is 12.0 Å². The Morgan fingerprint density at radius 2 is 1.73 bits per heavy atom. The highest BCUT2D eigenvalue weighted by atomic mass is 79.9. The molecule has 1 heterocycles. The highest BCUT2D eigenvalue weighted by Crippen LogP contribution is 2.36. The van der Waals surface area contributed by atoms with Crippen LogP contribution in [0.5, 0.6) is 0 Å². The molecule has 0 aliphatic rings. The number of anilines is 2. The minimum absolute atomic E-state index is 0.0693. The second-order valence-corrected chi connectivity index (χ2v) is 7.39. The van der Waals surface area contributed by atoms with Crippen LogP contribution in [0.25, 0.3) is 22.1 Å². The number of hydrogen-bond acceptors (Lipinski definition) is 4. The first kappa shape index (κ1) is 19.7. The second-order valence-electron chi connectivity index (χ2n) is 6.48. The average Bonchev–Trinajstić information content (AvgIpc) is 3.17. The number of ether oxygens (including phenoxy) is 1. The van der Waals surface area contributed by atoms with Crippen molar-refractivity contribution >= 4 is 50.5 Å². The van der Waals surface area contributed by atoms with Gasteiger partial charge in [-0.25, -0.2) is 14.5 Å². The predicted octanol–water partition coefficient (Wildman–Crippen LogP) is 6.47. The van der Waals surface area contributed by atoms with E-state index in [1.54, 1.807) is 12.1 Å². The van der Waals surface area contributed by atoms with Crippen LogP contribution in [0.3, 0.4) is 0 Å². The summed E-state index contributed by atoms with van der Waals surface area (Å²) in [5.74, 6) is -1.02. The van der Waals surface area contributed by atoms with E-state index in [1.165, 1.54) is 19.2 Å². The predicted molar refractivity (Wildman–Crippen MR) is 117 cm³/mol. The third kappa shape index (κ3) is 3.67. The van der Waals surface area contributed by atoms with Crippen LogP contribution in [0, 0.1) is 0 Å². The Hall–Kier alpha value is -3.58. The van der Waals surface area contributed by atoms with E-state index in [4.69, 9.17) is 9.15 Å². The Kier molecular flexibility index (Phi) is 5.29. The lowest BCUT2D eigenvalue weighted by Crippen LogP contribution is -2.27. The average molecular weight is 466 g/mol. The van der Waals surface area contributed by atoms with Crippen LogP contribution in [0.15, 0.2) is 81.7 Å². The number of carboxylic acid groups (broad SMARTS) is 1. The zero-order valence-corrected chi connectivity index (χ0v) is 17.4. The van der Waals surface area contributed by atoms with Crippen molar-refractivity contribution in [3.8, 4) is 11.1 Å². The van der Waals surface area contributed by atoms with E-state index in [2.05, 4.69) is 15.9 Å². The van der Waals surface area contributed by atoms with Gasteiger partial charge in [-0.05, 0) is 41.5 Å². The maximum absolute atomic E-state index is 12.6. The Balaban J connectivity index is 1.85. The largest absolute Gasteiger partial charge is 0.478 e. The van der Waals surface area contributed by atoms with Crippen LogP contribution in [0.4, 0.5) is 16.4 Å². The Morgan fingerprint density at radius 3 is 2.43 bits per heavy atom. The zero-order valence-electron chi connectivity index (χ0n) is 15.8. The van der Waals surface area contributed by atoms with Crippen molar-refractivity contribution in [3.63, 3.8) is 0 Å². The number of nitrogens with zero attached hydrogens (tertiary/aromatic N) is 1. The van der Waals surface area contributed by atoms with Crippen molar-refractivity contribution in [1.29, 1.82) is 0 Å². The van der Waals surface area contributed by atoms with Crippen molar-refractivity contribution in [2.45, 2.75) is 0 Å². The normalized spacial score (nSPS) is 10.7. The van der Waals surface area contributed by atoms with Crippen molar-refractivity contribution in [2.24, 2.45) is 0 Å². The molecule has 1 amide bonds. The summed E-state index contributed by atoms with van der Waals surface area (Å²) in [5.41, 5.74) is 2.68. The molecule has 0 aliphatic carbocycles. The summed E-state index contributed by atoms with van der Waals surface area (Å²) in [4.78, 5) is 25.5. The molecular weight excluding hydrogens is 450 g/mol. The number of furan rings is 1. The highest BCUT2D eigenvalue weighted by Gasteiger charge is 2.27. The van der Waals surface area contributed by atoms with Crippen molar-refractivity contribution in [3.05, 3.63) is 82.8 Å². The molecule has 0 spiro atoms. The number of hydrogen-bond donors (Lipinski definition) is 1. The minimum atomic E-state index is -1.18. The molecule has 3 aromatic carbocycles. The third-order valence-corrected chi connectivity index (χ3v) is 5.11. The van der Waals surface area contributed by atoms with Crippen LogP contribution in [0.2, 0.25) is 0 Å². The lowest BCUT2D eigenvalue weighted by atomic mass is 10.0. The van der Waals surface area contributed by atoms with Gasteiger partial charge < -0.3 is 14.3 Å². The lowest BCUT2D eigenvalue weighted by molar-refractivity contribution is 0.0697. The SMILES string of the molecule is COC(=O)N(c1cc2cc(-c3ccccc3)ccc2o1)c1ccc(Br)cc1C(=O)O. The fraction of sp³-hybridized carbons (Fsp3) is 0.0435. The maximum atomic E-state index is 12.6. The van der Waals surface area contributed by atoms with Crippen LogP contribution in [0.1, 0.15) is 10.4 Å². The summed E-state index contributed by atoms with van der Waals surface area (Å²) in [7, 11) is 1.23. The molecule has 7 heteroatoms. The number of halogens is 1. The first-order chi connectivity index (χ1) is 14.5. The van der Waals surface area contributed by atoms with Crippen LogP contribution >= 0.6 is 15.9 Å². The molecule has 150 valence electrons. The molecule has 0 radical (unpaired) electrons. The fourth-order valence-corrected chi connectivity index (χ4v) is 3.58. The van der Waals surface area contributed by atoms with E-state index in [-0.39, 0.29) is 17.1 Å². The van der Waals surface area contributed by atoms with E-state index in [0.29, 0.717) is 10.1 Å². The Morgan fingerprint density at radius 1 is 0.967 bits per heavy atom. The smallest absolute Gasteiger partial charge is 0.421 e. The molecule has 4 rings (SSSR count). The third-order valence-electron chi connectivity index (χ3n) is 4.62. The molecule has 0 saturated carbocycles. The first-order valence-electron chi connectivity index (χ1n) is 8.98. The maximum Gasteiger partial charge on any atom is 0.421 e. The quantitative estimate of drug-likeness (QED) is 0.373. The van der Waals surface area contributed by atoms with Crippen LogP contribution in [-0.2, 0) is 4.74 Å². The van der Waals surface area contributed by atoms with Crippen LogP contribution < -0.4 is 4.90 Å². The molecule has 0 atom stereocenters. The molecule has 0 aliphatic heterocycles. The summed E-state index contributed by atoms with van der Waals surface area (Å²) in [5, 5.41) is 10.4. The van der Waals surface area contributed by atoms with Crippen LogP contribution in [-0.4, -0.2) is 24.3 Å². The van der Waals surface area contributed by atoms with Gasteiger partial charge in [0.2, 0.25) is 5.88 Å². The summed E-state index contributed by atoms with van der Waals surface area (Å²) in [6.07, 6.45) is -0.762. The van der Waals surface area contributed by atoms with E-state index in [1.807, 2.05) is 48.5 Å². The molecule has 1 N–H and O–H groups in total. The molecule has 0 unspecified atom stereocenters. The van der Waals surface area contributed by atoms with Gasteiger partial charge in [0.15, 0.2) is 0 Å². The molecular formula is C23H16BrNO5. The number of carbonyl (C=O) groups is 2. The molecule has 0 bridgehead atoms. The minimum Gasteiger partial charge on any atom is -0.478 e. The summed E-state index contributed by atoms with van der Waals surface area (Å²) >= 11 is 3.26. The second kappa shape index (κ2) is 8.04. The fourth-order valence-electron chi connectivity index (χ4n) is 3.22. The van der Waals surface area contributed by atoms with E-state index < -0.39 is 12.1 Å². The van der Waals surface area contributed by atoms with E-state index in [0.717, 1.165) is 21.4 Å². The standard InChI is InChI=1S/C23H16BrNO5/c1-29-23(28)25(19-9-8-17(24)13-18(19)22(26)27)21-12-16-11-15(7-10-20(16)30-21)14-5-3-2-4-6-14/h2-13H,1H3,(H,26,27). The Bertz CT molecular complexity index is 1250. The molecule has 0 fully saturated rings. The number of methoxy groups -OCH3 is 1. The molecule has 6 nitrogen and oxygen atoms in total. The van der Waals surface area contributed by atoms with Gasteiger partial charge in [0, 0.05) is 15.9 Å². The number of benzene rings is 3. The monoisotopic (exact) mass is 465 g/mol. The van der Waals surface area contributed by atoms with Gasteiger partial charge in [0.1, 0.15) is 5.58 Å². The van der Waals surface area contributed by atoms with Crippen molar-refractivity contribution < 1.29 is 23.8 Å². The number of amides is 1. The first-order valence-corrected chi connectivity index (χ1v) is 9.77. The number of carboxylic acids is 1. The van der Waals surface area contributed by atoms with Gasteiger partial charge >= 0.3 is 12.1 Å². The summed E-state index contributed by atoms with van der Waals surface area (Å²) in [6.45, 7) is 0. The van der Waals surface area contributed by atoms with E-state index in [9.17, 15) is 14.7 Å². The van der Waals surface area contributed by atoms with Gasteiger partial charge in [-0.3, -0.25) is 0 Å². The molecule has 30 heavy (non-hydrogen) atoms.